The number of rotatable bonds is 6. The molecule has 4 aromatic heterocycles. The number of aromatic hydroxyl groups is 1. The fourth-order valence-electron chi connectivity index (χ4n) is 4.58. The fraction of sp³-hybridized carbons (Fsp3) is 0.185. The predicted molar refractivity (Wildman–Crippen MR) is 133 cm³/mol. The number of pyridine rings is 2. The predicted octanol–water partition coefficient (Wildman–Crippen LogP) is 5.39. The Hall–Kier alpha value is -4.66. The zero-order valence-corrected chi connectivity index (χ0v) is 20.2. The number of nitrogens with zero attached hydrogens (tertiary/aromatic N) is 4. The quantitative estimate of drug-likeness (QED) is 0.329. The van der Waals surface area contributed by atoms with Crippen molar-refractivity contribution < 1.29 is 24.3 Å². The van der Waals surface area contributed by atoms with E-state index < -0.39 is 5.97 Å². The van der Waals surface area contributed by atoms with Gasteiger partial charge in [-0.2, -0.15) is 0 Å². The highest BCUT2D eigenvalue weighted by Gasteiger charge is 2.24. The van der Waals surface area contributed by atoms with Gasteiger partial charge in [-0.1, -0.05) is 11.2 Å². The minimum atomic E-state index is -1.16. The third-order valence-corrected chi connectivity index (χ3v) is 6.34. The Bertz CT molecular complexity index is 1580. The van der Waals surface area contributed by atoms with Crippen LogP contribution in [0.5, 0.6) is 11.5 Å². The van der Waals surface area contributed by atoms with Gasteiger partial charge in [0, 0.05) is 40.7 Å². The monoisotopic (exact) mass is 484 g/mol. The van der Waals surface area contributed by atoms with E-state index in [9.17, 15) is 15.0 Å². The Labute approximate surface area is 206 Å². The third kappa shape index (κ3) is 3.74. The number of benzene rings is 1. The molecular formula is C27H24N4O5. The van der Waals surface area contributed by atoms with Gasteiger partial charge in [0.15, 0.2) is 0 Å². The second-order valence-electron chi connectivity index (χ2n) is 8.55. The number of aryl methyl sites for hydroxylation is 2. The van der Waals surface area contributed by atoms with Crippen molar-refractivity contribution in [3.63, 3.8) is 0 Å². The number of hydrogen-bond acceptors (Lipinski definition) is 7. The number of aromatic nitrogens is 4. The van der Waals surface area contributed by atoms with Crippen LogP contribution in [0.1, 0.15) is 40.5 Å². The highest BCUT2D eigenvalue weighted by atomic mass is 16.5. The molecule has 36 heavy (non-hydrogen) atoms. The number of carboxylic acids is 1. The van der Waals surface area contributed by atoms with E-state index in [1.54, 1.807) is 12.4 Å². The summed E-state index contributed by atoms with van der Waals surface area (Å²) in [6.45, 7) is 5.72. The maximum absolute atomic E-state index is 11.6. The van der Waals surface area contributed by atoms with E-state index in [1.165, 1.54) is 19.2 Å². The van der Waals surface area contributed by atoms with E-state index in [-0.39, 0.29) is 23.1 Å². The molecule has 0 bridgehead atoms. The standard InChI is InChI=1S/C27H24N4O5/c1-14-24(16(3)36-30-14)18-9-19-20(25-22(32)10-17(27(33)34)11-23(25)35-4)13-31(26(19)29-12-18)15(2)21-7-5-6-8-28-21/h5-13,15,32H,1-4H3,(H,33,34)/t15-/m0/s1. The van der Waals surface area contributed by atoms with Gasteiger partial charge in [-0.05, 0) is 51.1 Å². The molecule has 0 spiro atoms. The Morgan fingerprint density at radius 2 is 1.94 bits per heavy atom. The first kappa shape index (κ1) is 23.1. The van der Waals surface area contributed by atoms with Crippen LogP contribution in [0.15, 0.2) is 59.5 Å². The summed E-state index contributed by atoms with van der Waals surface area (Å²) in [7, 11) is 1.44. The Balaban J connectivity index is 1.81. The molecule has 0 radical (unpaired) electrons. The lowest BCUT2D eigenvalue weighted by molar-refractivity contribution is 0.0696. The Morgan fingerprint density at radius 1 is 1.14 bits per heavy atom. The van der Waals surface area contributed by atoms with Crippen molar-refractivity contribution in [1.29, 1.82) is 0 Å². The molecular weight excluding hydrogens is 460 g/mol. The molecule has 0 fully saturated rings. The van der Waals surface area contributed by atoms with E-state index in [4.69, 9.17) is 14.2 Å². The van der Waals surface area contributed by atoms with Gasteiger partial charge in [-0.15, -0.1) is 0 Å². The van der Waals surface area contributed by atoms with E-state index >= 15 is 0 Å². The summed E-state index contributed by atoms with van der Waals surface area (Å²) >= 11 is 0. The number of fused-ring (bicyclic) bond motifs is 1. The minimum absolute atomic E-state index is 0.0757. The van der Waals surface area contributed by atoms with Crippen molar-refractivity contribution in [1.82, 2.24) is 19.7 Å². The highest BCUT2D eigenvalue weighted by molar-refractivity contribution is 6.01. The van der Waals surface area contributed by atoms with Gasteiger partial charge in [-0.25, -0.2) is 9.78 Å². The molecule has 5 rings (SSSR count). The van der Waals surface area contributed by atoms with Crippen LogP contribution in [0.4, 0.5) is 0 Å². The van der Waals surface area contributed by atoms with Crippen molar-refractivity contribution in [2.45, 2.75) is 26.8 Å². The summed E-state index contributed by atoms with van der Waals surface area (Å²) in [4.78, 5) is 20.9. The molecule has 1 aromatic carbocycles. The SMILES string of the molecule is COc1cc(C(=O)O)cc(O)c1-c1cn([C@@H](C)c2ccccn2)c2ncc(-c3c(C)noc3C)cc12. The lowest BCUT2D eigenvalue weighted by atomic mass is 9.99. The van der Waals surface area contributed by atoms with Crippen molar-refractivity contribution in [2.24, 2.45) is 0 Å². The van der Waals surface area contributed by atoms with E-state index in [1.807, 2.05) is 55.8 Å². The van der Waals surface area contributed by atoms with Crippen LogP contribution in [-0.2, 0) is 0 Å². The first-order chi connectivity index (χ1) is 17.3. The number of ether oxygens (including phenoxy) is 1. The molecule has 0 aliphatic heterocycles. The zero-order chi connectivity index (χ0) is 25.6. The Morgan fingerprint density at radius 3 is 2.58 bits per heavy atom. The van der Waals surface area contributed by atoms with Gasteiger partial charge < -0.3 is 24.0 Å². The smallest absolute Gasteiger partial charge is 0.335 e. The van der Waals surface area contributed by atoms with E-state index in [2.05, 4.69) is 10.1 Å². The van der Waals surface area contributed by atoms with E-state index in [0.717, 1.165) is 27.9 Å². The topological polar surface area (TPSA) is 124 Å². The van der Waals surface area contributed by atoms with Gasteiger partial charge in [-0.3, -0.25) is 4.98 Å². The summed E-state index contributed by atoms with van der Waals surface area (Å²) in [6, 6.07) is 10.1. The lowest BCUT2D eigenvalue weighted by Gasteiger charge is -2.14. The summed E-state index contributed by atoms with van der Waals surface area (Å²) in [5, 5.41) is 25.2. The molecule has 5 aromatic rings. The van der Waals surface area contributed by atoms with Crippen LogP contribution in [0, 0.1) is 13.8 Å². The molecule has 0 saturated heterocycles. The van der Waals surface area contributed by atoms with Crippen LogP contribution in [0.2, 0.25) is 0 Å². The molecule has 1 atom stereocenters. The maximum Gasteiger partial charge on any atom is 0.335 e. The second kappa shape index (κ2) is 8.84. The van der Waals surface area contributed by atoms with Gasteiger partial charge in [0.1, 0.15) is 22.9 Å². The van der Waals surface area contributed by atoms with Crippen LogP contribution >= 0.6 is 0 Å². The average molecular weight is 485 g/mol. The fourth-order valence-corrected chi connectivity index (χ4v) is 4.58. The number of aromatic carboxylic acids is 1. The second-order valence-corrected chi connectivity index (χ2v) is 8.55. The molecule has 4 heterocycles. The molecule has 9 heteroatoms. The van der Waals surface area contributed by atoms with Crippen molar-refractivity contribution in [3.8, 4) is 33.8 Å². The largest absolute Gasteiger partial charge is 0.507 e. The van der Waals surface area contributed by atoms with Crippen LogP contribution in [0.3, 0.4) is 0 Å². The van der Waals surface area contributed by atoms with E-state index in [0.29, 0.717) is 22.5 Å². The molecule has 2 N–H and O–H groups in total. The number of hydrogen-bond donors (Lipinski definition) is 2. The summed E-state index contributed by atoms with van der Waals surface area (Å²) < 4.78 is 12.9. The van der Waals surface area contributed by atoms with Crippen LogP contribution < -0.4 is 4.74 Å². The molecule has 0 aliphatic carbocycles. The molecule has 0 unspecified atom stereocenters. The van der Waals surface area contributed by atoms with Crippen molar-refractivity contribution >= 4 is 17.0 Å². The van der Waals surface area contributed by atoms with Gasteiger partial charge in [0.25, 0.3) is 0 Å². The van der Waals surface area contributed by atoms with Gasteiger partial charge in [0.2, 0.25) is 0 Å². The number of carbonyl (C=O) groups is 1. The number of methoxy groups -OCH3 is 1. The highest BCUT2D eigenvalue weighted by Crippen LogP contribution is 2.44. The first-order valence-corrected chi connectivity index (χ1v) is 11.3. The van der Waals surface area contributed by atoms with Crippen molar-refractivity contribution in [3.05, 3.63) is 77.7 Å². The summed E-state index contributed by atoms with van der Waals surface area (Å²) in [5.41, 5.74) is 4.84. The number of carboxylic acid groups (broad SMARTS) is 1. The minimum Gasteiger partial charge on any atom is -0.507 e. The van der Waals surface area contributed by atoms with Crippen LogP contribution in [-0.4, -0.2) is 43.0 Å². The molecule has 0 saturated carbocycles. The number of phenols is 1. The molecule has 0 aliphatic rings. The summed E-state index contributed by atoms with van der Waals surface area (Å²) in [6.07, 6.45) is 5.39. The third-order valence-electron chi connectivity index (χ3n) is 6.34. The van der Waals surface area contributed by atoms with Crippen molar-refractivity contribution in [2.75, 3.05) is 7.11 Å². The Kier molecular flexibility index (Phi) is 5.68. The average Bonchev–Trinajstić information content (AvgIpc) is 3.42. The van der Waals surface area contributed by atoms with Gasteiger partial charge in [0.05, 0.1) is 35.7 Å². The molecule has 182 valence electrons. The normalized spacial score (nSPS) is 12.1. The zero-order valence-electron chi connectivity index (χ0n) is 20.2. The summed E-state index contributed by atoms with van der Waals surface area (Å²) in [5.74, 6) is -0.467. The molecule has 9 nitrogen and oxygen atoms in total. The maximum atomic E-state index is 11.6. The molecule has 0 amide bonds. The van der Waals surface area contributed by atoms with Crippen LogP contribution in [0.25, 0.3) is 33.3 Å². The van der Waals surface area contributed by atoms with Gasteiger partial charge >= 0.3 is 5.97 Å². The number of phenolic OH excluding ortho intramolecular Hbond substituents is 1. The first-order valence-electron chi connectivity index (χ1n) is 11.3. The lowest BCUT2D eigenvalue weighted by Crippen LogP contribution is -2.07.